The number of fused-ring (bicyclic) bond motifs is 1. The Morgan fingerprint density at radius 3 is 2.59 bits per heavy atom. The number of carbonyl (C=O) groups is 2. The molecule has 0 unspecified atom stereocenters. The monoisotopic (exact) mass is 398 g/mol. The highest BCUT2D eigenvalue weighted by atomic mass is 16.5. The maximum absolute atomic E-state index is 12.8. The summed E-state index contributed by atoms with van der Waals surface area (Å²) in [5.74, 6) is 1.17. The molecule has 0 saturated heterocycles. The highest BCUT2D eigenvalue weighted by Gasteiger charge is 2.27. The third-order valence-corrected chi connectivity index (χ3v) is 5.16. The summed E-state index contributed by atoms with van der Waals surface area (Å²) < 4.78 is 7.06. The van der Waals surface area contributed by atoms with E-state index in [1.165, 1.54) is 0 Å². The maximum atomic E-state index is 12.8. The number of nitrogens with zero attached hydrogens (tertiary/aromatic N) is 2. The van der Waals surface area contributed by atoms with Crippen molar-refractivity contribution in [1.82, 2.24) is 20.2 Å². The minimum atomic E-state index is -0.259. The van der Waals surface area contributed by atoms with Crippen molar-refractivity contribution in [3.8, 4) is 5.75 Å². The minimum Gasteiger partial charge on any atom is -0.497 e. The van der Waals surface area contributed by atoms with Crippen molar-refractivity contribution in [2.75, 3.05) is 13.7 Å². The Morgan fingerprint density at radius 2 is 1.90 bits per heavy atom. The summed E-state index contributed by atoms with van der Waals surface area (Å²) in [5, 5.41) is 5.86. The standard InChI is InChI=1S/C22H30N4O3/c1-15(2)11-12-23-21(27)19-18-6-4-5-13-26(18)20(25-19)22(28)24-14-16-7-9-17(29-3)10-8-16/h7-10,15H,4-6,11-14H2,1-3H3,(H,23,27)(H,24,28). The fraction of sp³-hybridized carbons (Fsp3) is 0.500. The number of methoxy groups -OCH3 is 1. The largest absolute Gasteiger partial charge is 0.497 e. The van der Waals surface area contributed by atoms with E-state index < -0.39 is 0 Å². The second kappa shape index (κ2) is 9.58. The second-order valence-electron chi connectivity index (χ2n) is 7.81. The molecule has 0 saturated carbocycles. The molecule has 0 fully saturated rings. The quantitative estimate of drug-likeness (QED) is 0.716. The highest BCUT2D eigenvalue weighted by Crippen LogP contribution is 2.21. The van der Waals surface area contributed by atoms with Crippen LogP contribution in [0.25, 0.3) is 0 Å². The molecule has 7 nitrogen and oxygen atoms in total. The summed E-state index contributed by atoms with van der Waals surface area (Å²) in [6, 6.07) is 7.54. The van der Waals surface area contributed by atoms with Gasteiger partial charge in [-0.3, -0.25) is 9.59 Å². The molecule has 156 valence electrons. The van der Waals surface area contributed by atoms with Gasteiger partial charge < -0.3 is 19.9 Å². The third-order valence-electron chi connectivity index (χ3n) is 5.16. The highest BCUT2D eigenvalue weighted by molar-refractivity contribution is 5.97. The normalized spacial score (nSPS) is 13.1. The lowest BCUT2D eigenvalue weighted by atomic mass is 10.1. The second-order valence-corrected chi connectivity index (χ2v) is 7.81. The minimum absolute atomic E-state index is 0.189. The first-order valence-corrected chi connectivity index (χ1v) is 10.3. The van der Waals surface area contributed by atoms with Gasteiger partial charge in [0.1, 0.15) is 11.4 Å². The van der Waals surface area contributed by atoms with E-state index in [9.17, 15) is 9.59 Å². The van der Waals surface area contributed by atoms with Crippen LogP contribution in [-0.2, 0) is 19.5 Å². The molecule has 7 heteroatoms. The van der Waals surface area contributed by atoms with E-state index in [4.69, 9.17) is 4.74 Å². The zero-order chi connectivity index (χ0) is 20.8. The van der Waals surface area contributed by atoms with Gasteiger partial charge >= 0.3 is 0 Å². The average Bonchev–Trinajstić information content (AvgIpc) is 3.12. The molecular weight excluding hydrogens is 368 g/mol. The van der Waals surface area contributed by atoms with E-state index >= 15 is 0 Å². The molecule has 2 N–H and O–H groups in total. The number of benzene rings is 1. The average molecular weight is 399 g/mol. The molecule has 1 aromatic heterocycles. The lowest BCUT2D eigenvalue weighted by Gasteiger charge is -2.17. The molecule has 0 radical (unpaired) electrons. The van der Waals surface area contributed by atoms with Crippen LogP contribution in [0.5, 0.6) is 5.75 Å². The van der Waals surface area contributed by atoms with Crippen LogP contribution in [0.2, 0.25) is 0 Å². The number of imidazole rings is 1. The zero-order valence-electron chi connectivity index (χ0n) is 17.5. The first kappa shape index (κ1) is 20.9. The molecule has 3 rings (SSSR count). The topological polar surface area (TPSA) is 85.2 Å². The van der Waals surface area contributed by atoms with Gasteiger partial charge in [-0.05, 0) is 49.3 Å². The molecule has 2 aromatic rings. The lowest BCUT2D eigenvalue weighted by molar-refractivity contribution is 0.0935. The molecule has 0 bridgehead atoms. The van der Waals surface area contributed by atoms with Crippen LogP contribution in [0.4, 0.5) is 0 Å². The van der Waals surface area contributed by atoms with E-state index in [1.54, 1.807) is 7.11 Å². The van der Waals surface area contributed by atoms with Crippen LogP contribution < -0.4 is 15.4 Å². The van der Waals surface area contributed by atoms with E-state index in [2.05, 4.69) is 29.5 Å². The molecular formula is C22H30N4O3. The molecule has 2 heterocycles. The molecule has 0 spiro atoms. The number of aromatic nitrogens is 2. The predicted molar refractivity (Wildman–Crippen MR) is 111 cm³/mol. The summed E-state index contributed by atoms with van der Waals surface area (Å²) in [6.45, 7) is 5.96. The van der Waals surface area contributed by atoms with Crippen molar-refractivity contribution in [3.63, 3.8) is 0 Å². The number of amides is 2. The molecule has 1 aromatic carbocycles. The molecule has 0 aliphatic carbocycles. The first-order chi connectivity index (χ1) is 14.0. The predicted octanol–water partition coefficient (Wildman–Crippen LogP) is 2.93. The van der Waals surface area contributed by atoms with Crippen molar-refractivity contribution in [2.24, 2.45) is 5.92 Å². The van der Waals surface area contributed by atoms with Gasteiger partial charge in [0, 0.05) is 19.6 Å². The van der Waals surface area contributed by atoms with Gasteiger partial charge in [0.15, 0.2) is 5.82 Å². The van der Waals surface area contributed by atoms with Crippen molar-refractivity contribution in [2.45, 2.75) is 52.6 Å². The van der Waals surface area contributed by atoms with Crippen LogP contribution in [0.15, 0.2) is 24.3 Å². The van der Waals surface area contributed by atoms with Crippen molar-refractivity contribution in [1.29, 1.82) is 0 Å². The number of hydrogen-bond acceptors (Lipinski definition) is 4. The summed E-state index contributed by atoms with van der Waals surface area (Å²) in [7, 11) is 1.62. The smallest absolute Gasteiger partial charge is 0.287 e. The summed E-state index contributed by atoms with van der Waals surface area (Å²) in [5.41, 5.74) is 2.23. The number of hydrogen-bond donors (Lipinski definition) is 2. The molecule has 0 atom stereocenters. The summed E-state index contributed by atoms with van der Waals surface area (Å²) in [6.07, 6.45) is 3.67. The Labute approximate surface area is 171 Å². The SMILES string of the molecule is COc1ccc(CNC(=O)c2nc(C(=O)NCCC(C)C)c3n2CCCC3)cc1. The van der Waals surface area contributed by atoms with Gasteiger partial charge in [-0.25, -0.2) is 4.98 Å². The Kier molecular flexibility index (Phi) is 6.90. The van der Waals surface area contributed by atoms with Gasteiger partial charge in [-0.2, -0.15) is 0 Å². The fourth-order valence-corrected chi connectivity index (χ4v) is 3.46. The molecule has 1 aliphatic heterocycles. The van der Waals surface area contributed by atoms with Crippen molar-refractivity contribution >= 4 is 11.8 Å². The summed E-state index contributed by atoms with van der Waals surface area (Å²) in [4.78, 5) is 29.9. The van der Waals surface area contributed by atoms with Crippen molar-refractivity contribution < 1.29 is 14.3 Å². The number of nitrogens with one attached hydrogen (secondary N) is 2. The first-order valence-electron chi connectivity index (χ1n) is 10.3. The number of rotatable bonds is 8. The third kappa shape index (κ3) is 5.16. The van der Waals surface area contributed by atoms with Crippen LogP contribution in [-0.4, -0.2) is 35.0 Å². The van der Waals surface area contributed by atoms with Gasteiger partial charge in [0.05, 0.1) is 12.8 Å². The Morgan fingerprint density at radius 1 is 1.14 bits per heavy atom. The van der Waals surface area contributed by atoms with Crippen LogP contribution in [0, 0.1) is 5.92 Å². The molecule has 1 aliphatic rings. The summed E-state index contributed by atoms with van der Waals surface area (Å²) >= 11 is 0. The van der Waals surface area contributed by atoms with Gasteiger partial charge in [0.25, 0.3) is 11.8 Å². The maximum Gasteiger partial charge on any atom is 0.287 e. The van der Waals surface area contributed by atoms with E-state index in [-0.39, 0.29) is 11.8 Å². The van der Waals surface area contributed by atoms with Gasteiger partial charge in [-0.15, -0.1) is 0 Å². The van der Waals surface area contributed by atoms with E-state index in [1.807, 2.05) is 28.8 Å². The Balaban J connectivity index is 1.71. The zero-order valence-corrected chi connectivity index (χ0v) is 17.5. The Bertz CT molecular complexity index is 856. The fourth-order valence-electron chi connectivity index (χ4n) is 3.46. The molecule has 29 heavy (non-hydrogen) atoms. The molecule has 2 amide bonds. The Hall–Kier alpha value is -2.83. The van der Waals surface area contributed by atoms with Crippen LogP contribution >= 0.6 is 0 Å². The van der Waals surface area contributed by atoms with E-state index in [0.717, 1.165) is 42.7 Å². The van der Waals surface area contributed by atoms with E-state index in [0.29, 0.717) is 37.1 Å². The number of ether oxygens (including phenoxy) is 1. The lowest BCUT2D eigenvalue weighted by Crippen LogP contribution is -2.27. The number of carbonyl (C=O) groups excluding carboxylic acids is 2. The van der Waals surface area contributed by atoms with Gasteiger partial charge in [0.2, 0.25) is 0 Å². The van der Waals surface area contributed by atoms with Crippen LogP contribution in [0.1, 0.15) is 65.5 Å². The van der Waals surface area contributed by atoms with Crippen LogP contribution in [0.3, 0.4) is 0 Å². The van der Waals surface area contributed by atoms with Crippen molar-refractivity contribution in [3.05, 3.63) is 47.0 Å². The van der Waals surface area contributed by atoms with Gasteiger partial charge in [-0.1, -0.05) is 26.0 Å².